The Morgan fingerprint density at radius 3 is 2.74 bits per heavy atom. The largest absolute Gasteiger partial charge is 0.385 e. The number of amides is 1. The summed E-state index contributed by atoms with van der Waals surface area (Å²) in [4.78, 5) is 22.0. The van der Waals surface area contributed by atoms with E-state index in [1.807, 2.05) is 19.2 Å². The van der Waals surface area contributed by atoms with Crippen molar-refractivity contribution in [1.82, 2.24) is 40.3 Å². The summed E-state index contributed by atoms with van der Waals surface area (Å²) in [6.07, 6.45) is 4.21. The predicted molar refractivity (Wildman–Crippen MR) is 161 cm³/mol. The first-order chi connectivity index (χ1) is 21.0. The standard InChI is InChI=1S/C31H35FN10O/c1-33-25-14-28(39-42-27(15-35-29(25)42)30(43)36-24-13-22(24)32)41-12-7-21-20(3-2-4-26(21)41)23-6-5-19(37-38-23)16-40-17-31(18-40)8-10-34-11-9-31/h2-6,14-15,22,24,33-34H,7-13,16-18H2,1H3,(H,36,43)/t22-,24+/m0/s1. The van der Waals surface area contributed by atoms with Gasteiger partial charge in [0.15, 0.2) is 17.2 Å². The van der Waals surface area contributed by atoms with Crippen LogP contribution >= 0.6 is 0 Å². The molecule has 4 aromatic rings. The molecule has 222 valence electrons. The summed E-state index contributed by atoms with van der Waals surface area (Å²) in [6, 6.07) is 11.9. The third kappa shape index (κ3) is 4.69. The third-order valence-corrected chi connectivity index (χ3v) is 9.45. The van der Waals surface area contributed by atoms with Crippen LogP contribution in [-0.4, -0.2) is 87.6 Å². The fourth-order valence-electron chi connectivity index (χ4n) is 7.00. The maximum atomic E-state index is 13.4. The zero-order valence-electron chi connectivity index (χ0n) is 24.2. The Morgan fingerprint density at radius 2 is 2.00 bits per heavy atom. The number of nitrogens with one attached hydrogen (secondary N) is 3. The highest BCUT2D eigenvalue weighted by Gasteiger charge is 2.43. The van der Waals surface area contributed by atoms with Gasteiger partial charge in [0.05, 0.1) is 29.3 Å². The first-order valence-corrected chi connectivity index (χ1v) is 15.2. The predicted octanol–water partition coefficient (Wildman–Crippen LogP) is 2.95. The second-order valence-corrected chi connectivity index (χ2v) is 12.4. The molecule has 3 N–H and O–H groups in total. The van der Waals surface area contributed by atoms with Crippen LogP contribution in [0.4, 0.5) is 21.6 Å². The van der Waals surface area contributed by atoms with E-state index in [0.717, 1.165) is 74.0 Å². The Hall–Kier alpha value is -4.16. The number of fused-ring (bicyclic) bond motifs is 2. The average molecular weight is 583 g/mol. The molecule has 3 aromatic heterocycles. The minimum absolute atomic E-state index is 0.278. The molecule has 2 atom stereocenters. The van der Waals surface area contributed by atoms with Crippen LogP contribution in [0.25, 0.3) is 16.9 Å². The smallest absolute Gasteiger partial charge is 0.271 e. The molecule has 3 fully saturated rings. The van der Waals surface area contributed by atoms with Crippen molar-refractivity contribution < 1.29 is 9.18 Å². The van der Waals surface area contributed by atoms with Crippen molar-refractivity contribution in [2.24, 2.45) is 5.41 Å². The number of imidazole rings is 1. The Bertz CT molecular complexity index is 1690. The first kappa shape index (κ1) is 26.5. The Balaban J connectivity index is 1.03. The van der Waals surface area contributed by atoms with Gasteiger partial charge in [-0.25, -0.2) is 13.9 Å². The van der Waals surface area contributed by atoms with Crippen LogP contribution in [0.2, 0.25) is 0 Å². The maximum absolute atomic E-state index is 13.4. The molecule has 2 saturated heterocycles. The Morgan fingerprint density at radius 1 is 1.16 bits per heavy atom. The lowest BCUT2D eigenvalue weighted by Gasteiger charge is -2.52. The van der Waals surface area contributed by atoms with E-state index < -0.39 is 12.2 Å². The highest BCUT2D eigenvalue weighted by Crippen LogP contribution is 2.41. The van der Waals surface area contributed by atoms with Crippen LogP contribution in [-0.2, 0) is 13.0 Å². The van der Waals surface area contributed by atoms with Gasteiger partial charge in [0, 0.05) is 57.0 Å². The molecule has 1 aliphatic carbocycles. The second-order valence-electron chi connectivity index (χ2n) is 12.4. The van der Waals surface area contributed by atoms with Crippen molar-refractivity contribution >= 4 is 28.7 Å². The number of rotatable bonds is 7. The molecule has 12 heteroatoms. The summed E-state index contributed by atoms with van der Waals surface area (Å²) < 4.78 is 15.0. The molecule has 1 saturated carbocycles. The van der Waals surface area contributed by atoms with Gasteiger partial charge in [0.1, 0.15) is 6.17 Å². The van der Waals surface area contributed by atoms with Crippen LogP contribution < -0.4 is 20.9 Å². The lowest BCUT2D eigenvalue weighted by atomic mass is 9.72. The van der Waals surface area contributed by atoms with E-state index >= 15 is 0 Å². The molecule has 0 bridgehead atoms. The number of piperidine rings is 1. The van der Waals surface area contributed by atoms with Gasteiger partial charge in [-0.2, -0.15) is 10.2 Å². The van der Waals surface area contributed by atoms with Crippen LogP contribution in [0.5, 0.6) is 0 Å². The number of hydrogen-bond donors (Lipinski definition) is 3. The minimum Gasteiger partial charge on any atom is -0.385 e. The number of halogens is 1. The summed E-state index contributed by atoms with van der Waals surface area (Å²) in [5.41, 5.74) is 7.25. The molecule has 8 rings (SSSR count). The summed E-state index contributed by atoms with van der Waals surface area (Å²) in [7, 11) is 1.82. The fourth-order valence-corrected chi connectivity index (χ4v) is 7.00. The minimum atomic E-state index is -0.983. The lowest BCUT2D eigenvalue weighted by Crippen LogP contribution is -2.59. The molecule has 1 aromatic carbocycles. The van der Waals surface area contributed by atoms with Crippen molar-refractivity contribution in [3.05, 3.63) is 59.5 Å². The lowest BCUT2D eigenvalue weighted by molar-refractivity contribution is -0.0290. The normalized spacial score (nSPS) is 22.4. The highest BCUT2D eigenvalue weighted by atomic mass is 19.1. The molecular weight excluding hydrogens is 547 g/mol. The summed E-state index contributed by atoms with van der Waals surface area (Å²) in [6.45, 7) is 6.14. The number of hydrogen-bond acceptors (Lipinski definition) is 9. The van der Waals surface area contributed by atoms with Gasteiger partial charge in [-0.15, -0.1) is 5.10 Å². The van der Waals surface area contributed by atoms with Gasteiger partial charge >= 0.3 is 0 Å². The van der Waals surface area contributed by atoms with Crippen molar-refractivity contribution in [2.75, 3.05) is 50.0 Å². The van der Waals surface area contributed by atoms with Gasteiger partial charge in [-0.1, -0.05) is 12.1 Å². The van der Waals surface area contributed by atoms with Crippen LogP contribution in [0.3, 0.4) is 0 Å². The zero-order chi connectivity index (χ0) is 29.1. The number of likely N-dealkylation sites (tertiary alicyclic amines) is 1. The van der Waals surface area contributed by atoms with Crippen molar-refractivity contribution in [1.29, 1.82) is 0 Å². The number of carbonyl (C=O) groups is 1. The maximum Gasteiger partial charge on any atom is 0.271 e. The van der Waals surface area contributed by atoms with E-state index in [-0.39, 0.29) is 11.6 Å². The molecule has 4 aliphatic rings. The molecule has 43 heavy (non-hydrogen) atoms. The SMILES string of the molecule is CNc1cc(N2CCc3c(-c4ccc(CN5CC6(CCNCC6)C5)nn4)cccc32)nn2c(C(=O)N[C@@H]3C[C@@H]3F)cnc12. The van der Waals surface area contributed by atoms with E-state index in [4.69, 9.17) is 5.10 Å². The average Bonchev–Trinajstić information content (AvgIpc) is 3.36. The molecule has 6 heterocycles. The number of benzene rings is 1. The Kier molecular flexibility index (Phi) is 6.30. The van der Waals surface area contributed by atoms with Crippen molar-refractivity contribution in [2.45, 2.75) is 44.4 Å². The van der Waals surface area contributed by atoms with Crippen LogP contribution in [0.15, 0.2) is 42.6 Å². The molecule has 0 radical (unpaired) electrons. The number of nitrogens with zero attached hydrogens (tertiary/aromatic N) is 7. The van der Waals surface area contributed by atoms with E-state index in [1.54, 1.807) is 4.52 Å². The molecule has 1 amide bonds. The molecule has 0 unspecified atom stereocenters. The van der Waals surface area contributed by atoms with Gasteiger partial charge in [-0.3, -0.25) is 9.69 Å². The van der Waals surface area contributed by atoms with Crippen LogP contribution in [0, 0.1) is 5.41 Å². The third-order valence-electron chi connectivity index (χ3n) is 9.45. The van der Waals surface area contributed by atoms with E-state index in [2.05, 4.69) is 65.2 Å². The molecular formula is C31H35FN10O. The number of alkyl halides is 1. The van der Waals surface area contributed by atoms with E-state index in [1.165, 1.54) is 24.6 Å². The topological polar surface area (TPSA) is 116 Å². The Labute approximate surface area is 248 Å². The van der Waals surface area contributed by atoms with Gasteiger partial charge in [0.25, 0.3) is 5.91 Å². The first-order valence-electron chi connectivity index (χ1n) is 15.2. The second kappa shape index (κ2) is 10.2. The highest BCUT2D eigenvalue weighted by molar-refractivity contribution is 5.94. The number of anilines is 3. The molecule has 1 spiro atoms. The van der Waals surface area contributed by atoms with Gasteiger partial charge in [0.2, 0.25) is 0 Å². The monoisotopic (exact) mass is 582 g/mol. The quantitative estimate of drug-likeness (QED) is 0.303. The summed E-state index contributed by atoms with van der Waals surface area (Å²) >= 11 is 0. The summed E-state index contributed by atoms with van der Waals surface area (Å²) in [5.74, 6) is 0.312. The van der Waals surface area contributed by atoms with Crippen molar-refractivity contribution in [3.8, 4) is 11.3 Å². The molecule has 3 aliphatic heterocycles. The molecule has 11 nitrogen and oxygen atoms in total. The van der Waals surface area contributed by atoms with Gasteiger partial charge < -0.3 is 20.9 Å². The summed E-state index contributed by atoms with van der Waals surface area (Å²) in [5, 5.41) is 23.5. The number of carbonyl (C=O) groups excluding carboxylic acids is 1. The fraction of sp³-hybridized carbons (Fsp3) is 0.452. The zero-order valence-corrected chi connectivity index (χ0v) is 24.2. The van der Waals surface area contributed by atoms with Gasteiger partial charge in [-0.05, 0) is 61.5 Å². The van der Waals surface area contributed by atoms with E-state index in [9.17, 15) is 9.18 Å². The van der Waals surface area contributed by atoms with E-state index in [0.29, 0.717) is 23.3 Å². The van der Waals surface area contributed by atoms with Crippen LogP contribution in [0.1, 0.15) is 41.0 Å². The number of aromatic nitrogens is 5. The van der Waals surface area contributed by atoms with Crippen molar-refractivity contribution in [3.63, 3.8) is 0 Å².